The number of hydrogen-bond donors (Lipinski definition) is 0. The Morgan fingerprint density at radius 1 is 1.19 bits per heavy atom. The molecular formula is C18H18N2O5S. The summed E-state index contributed by atoms with van der Waals surface area (Å²) in [5, 5.41) is 1.77. The van der Waals surface area contributed by atoms with Gasteiger partial charge in [0.1, 0.15) is 30.4 Å². The third kappa shape index (κ3) is 2.86. The Hall–Kier alpha value is -2.74. The number of hydrogen-bond acceptors (Lipinski definition) is 6. The number of piperazine rings is 1. The van der Waals surface area contributed by atoms with Gasteiger partial charge in [0.15, 0.2) is 11.5 Å². The Morgan fingerprint density at radius 2 is 2.00 bits per heavy atom. The van der Waals surface area contributed by atoms with Crippen molar-refractivity contribution in [2.45, 2.75) is 0 Å². The molecule has 0 atom stereocenters. The third-order valence-corrected chi connectivity index (χ3v) is 5.31. The van der Waals surface area contributed by atoms with Crippen LogP contribution in [0.4, 0.5) is 5.69 Å². The molecular weight excluding hydrogens is 356 g/mol. The van der Waals surface area contributed by atoms with Gasteiger partial charge in [-0.25, -0.2) is 0 Å². The van der Waals surface area contributed by atoms with Crippen LogP contribution >= 0.6 is 11.3 Å². The molecule has 1 fully saturated rings. The summed E-state index contributed by atoms with van der Waals surface area (Å²) >= 11 is 1.29. The summed E-state index contributed by atoms with van der Waals surface area (Å²) in [6.45, 7) is 1.77. The van der Waals surface area contributed by atoms with Crippen LogP contribution in [-0.4, -0.2) is 56.7 Å². The molecule has 2 aromatic rings. The Labute approximate surface area is 154 Å². The summed E-state index contributed by atoms with van der Waals surface area (Å²) < 4.78 is 16.4. The van der Waals surface area contributed by atoms with Crippen LogP contribution in [0.25, 0.3) is 0 Å². The number of anilines is 1. The monoisotopic (exact) mass is 374 g/mol. The quantitative estimate of drug-likeness (QED) is 0.822. The van der Waals surface area contributed by atoms with Gasteiger partial charge < -0.3 is 24.0 Å². The lowest BCUT2D eigenvalue weighted by Gasteiger charge is -2.34. The summed E-state index contributed by atoms with van der Waals surface area (Å²) in [5.74, 6) is 1.39. The highest BCUT2D eigenvalue weighted by molar-refractivity contribution is 7.12. The van der Waals surface area contributed by atoms with E-state index in [1.165, 1.54) is 11.3 Å². The van der Waals surface area contributed by atoms with Gasteiger partial charge in [0.05, 0.1) is 12.8 Å². The zero-order valence-corrected chi connectivity index (χ0v) is 15.1. The van der Waals surface area contributed by atoms with E-state index in [2.05, 4.69) is 0 Å². The van der Waals surface area contributed by atoms with E-state index in [1.54, 1.807) is 22.3 Å². The lowest BCUT2D eigenvalue weighted by atomic mass is 10.2. The first kappa shape index (κ1) is 16.7. The minimum atomic E-state index is -0.199. The zero-order valence-electron chi connectivity index (χ0n) is 14.3. The Bertz CT molecular complexity index is 850. The lowest BCUT2D eigenvalue weighted by molar-refractivity contribution is -0.120. The van der Waals surface area contributed by atoms with Gasteiger partial charge in [-0.1, -0.05) is 12.1 Å². The van der Waals surface area contributed by atoms with Gasteiger partial charge in [-0.3, -0.25) is 9.59 Å². The van der Waals surface area contributed by atoms with E-state index in [0.717, 1.165) is 5.69 Å². The lowest BCUT2D eigenvalue weighted by Crippen LogP contribution is -2.52. The van der Waals surface area contributed by atoms with Gasteiger partial charge in [0, 0.05) is 18.5 Å². The molecule has 0 aliphatic carbocycles. The number of methoxy groups -OCH3 is 1. The predicted octanol–water partition coefficient (Wildman–Crippen LogP) is 2.02. The summed E-state index contributed by atoms with van der Waals surface area (Å²) in [6.07, 6.45) is 0. The molecule has 8 heteroatoms. The molecule has 1 aromatic heterocycles. The van der Waals surface area contributed by atoms with Gasteiger partial charge >= 0.3 is 0 Å². The van der Waals surface area contributed by atoms with Crippen molar-refractivity contribution in [1.29, 1.82) is 0 Å². The number of carbonyl (C=O) groups is 2. The average Bonchev–Trinajstić information content (AvgIpc) is 3.11. The highest BCUT2D eigenvalue weighted by atomic mass is 32.1. The van der Waals surface area contributed by atoms with Crippen molar-refractivity contribution in [1.82, 2.24) is 4.90 Å². The van der Waals surface area contributed by atoms with E-state index < -0.39 is 0 Å². The molecule has 0 radical (unpaired) electrons. The number of thiophene rings is 1. The molecule has 0 saturated carbocycles. The molecule has 7 nitrogen and oxygen atoms in total. The van der Waals surface area contributed by atoms with Crippen molar-refractivity contribution in [3.05, 3.63) is 34.5 Å². The van der Waals surface area contributed by atoms with Crippen LogP contribution in [0.2, 0.25) is 0 Å². The maximum atomic E-state index is 12.9. The number of rotatable bonds is 3. The topological polar surface area (TPSA) is 68.3 Å². The van der Waals surface area contributed by atoms with Crippen LogP contribution in [0.1, 0.15) is 9.67 Å². The summed E-state index contributed by atoms with van der Waals surface area (Å²) in [6, 6.07) is 7.37. The number of para-hydroxylation sites is 2. The van der Waals surface area contributed by atoms with Crippen molar-refractivity contribution in [2.24, 2.45) is 0 Å². The first-order chi connectivity index (χ1) is 12.7. The molecule has 136 valence electrons. The highest BCUT2D eigenvalue weighted by Crippen LogP contribution is 2.40. The second-order valence-corrected chi connectivity index (χ2v) is 6.78. The molecule has 3 heterocycles. The Morgan fingerprint density at radius 3 is 2.81 bits per heavy atom. The van der Waals surface area contributed by atoms with Gasteiger partial charge in [-0.15, -0.1) is 11.3 Å². The van der Waals surface area contributed by atoms with Gasteiger partial charge in [-0.05, 0) is 12.1 Å². The van der Waals surface area contributed by atoms with Crippen LogP contribution in [0, 0.1) is 0 Å². The Kier molecular flexibility index (Phi) is 4.42. The fourth-order valence-corrected chi connectivity index (χ4v) is 4.00. The molecule has 0 spiro atoms. The molecule has 0 bridgehead atoms. The van der Waals surface area contributed by atoms with Crippen molar-refractivity contribution in [2.75, 3.05) is 44.9 Å². The van der Waals surface area contributed by atoms with Crippen molar-refractivity contribution in [3.63, 3.8) is 0 Å². The molecule has 0 N–H and O–H groups in total. The second kappa shape index (κ2) is 6.87. The minimum Gasteiger partial charge on any atom is -0.495 e. The van der Waals surface area contributed by atoms with Crippen molar-refractivity contribution >= 4 is 28.8 Å². The van der Waals surface area contributed by atoms with E-state index in [1.807, 2.05) is 24.3 Å². The first-order valence-corrected chi connectivity index (χ1v) is 9.16. The zero-order chi connectivity index (χ0) is 18.1. The van der Waals surface area contributed by atoms with Crippen LogP contribution in [-0.2, 0) is 4.79 Å². The number of fused-ring (bicyclic) bond motifs is 1. The molecule has 4 rings (SSSR count). The standard InChI is InChI=1S/C18H18N2O5S/c1-23-13-5-3-2-4-12(13)20-7-6-19(10-15(20)21)18(22)17-16-14(11-26-17)24-8-9-25-16/h2-5,11H,6-10H2,1H3. The first-order valence-electron chi connectivity index (χ1n) is 8.29. The number of nitrogens with zero attached hydrogens (tertiary/aromatic N) is 2. The highest BCUT2D eigenvalue weighted by Gasteiger charge is 2.33. The van der Waals surface area contributed by atoms with E-state index in [9.17, 15) is 9.59 Å². The number of benzene rings is 1. The van der Waals surface area contributed by atoms with Crippen LogP contribution in [0.15, 0.2) is 29.6 Å². The third-order valence-electron chi connectivity index (χ3n) is 4.38. The predicted molar refractivity (Wildman–Crippen MR) is 96.6 cm³/mol. The maximum Gasteiger partial charge on any atom is 0.268 e. The average molecular weight is 374 g/mol. The Balaban J connectivity index is 1.51. The molecule has 2 aliphatic heterocycles. The van der Waals surface area contributed by atoms with E-state index >= 15 is 0 Å². The minimum absolute atomic E-state index is 0.0183. The van der Waals surface area contributed by atoms with Crippen LogP contribution in [0.5, 0.6) is 17.2 Å². The number of carbonyl (C=O) groups excluding carboxylic acids is 2. The van der Waals surface area contributed by atoms with Crippen LogP contribution in [0.3, 0.4) is 0 Å². The summed E-state index contributed by atoms with van der Waals surface area (Å²) in [5.41, 5.74) is 0.720. The molecule has 26 heavy (non-hydrogen) atoms. The molecule has 2 amide bonds. The van der Waals surface area contributed by atoms with Gasteiger partial charge in [0.25, 0.3) is 5.91 Å². The summed E-state index contributed by atoms with van der Waals surface area (Å²) in [7, 11) is 1.57. The molecule has 1 aromatic carbocycles. The van der Waals surface area contributed by atoms with Gasteiger partial charge in [0.2, 0.25) is 5.91 Å². The maximum absolute atomic E-state index is 12.9. The van der Waals surface area contributed by atoms with E-state index in [-0.39, 0.29) is 18.4 Å². The molecule has 1 saturated heterocycles. The number of ether oxygens (including phenoxy) is 3. The largest absolute Gasteiger partial charge is 0.495 e. The fraction of sp³-hybridized carbons (Fsp3) is 0.333. The van der Waals surface area contributed by atoms with Crippen molar-refractivity contribution < 1.29 is 23.8 Å². The molecule has 0 unspecified atom stereocenters. The van der Waals surface area contributed by atoms with Crippen molar-refractivity contribution in [3.8, 4) is 17.2 Å². The van der Waals surface area contributed by atoms with E-state index in [4.69, 9.17) is 14.2 Å². The smallest absolute Gasteiger partial charge is 0.268 e. The van der Waals surface area contributed by atoms with Crippen LogP contribution < -0.4 is 19.1 Å². The SMILES string of the molecule is COc1ccccc1N1CCN(C(=O)c2scc3c2OCCO3)CC1=O. The van der Waals surface area contributed by atoms with E-state index in [0.29, 0.717) is 48.4 Å². The fourth-order valence-electron chi connectivity index (χ4n) is 3.11. The normalized spacial score (nSPS) is 16.6. The second-order valence-electron chi connectivity index (χ2n) is 5.90. The summed E-state index contributed by atoms with van der Waals surface area (Å²) in [4.78, 5) is 29.2. The number of amides is 2. The molecule has 2 aliphatic rings. The van der Waals surface area contributed by atoms with Gasteiger partial charge in [-0.2, -0.15) is 0 Å².